The van der Waals surface area contributed by atoms with Crippen LogP contribution < -0.4 is 5.32 Å². The number of amides is 1. The fraction of sp³-hybridized carbons (Fsp3) is 0.360. The predicted octanol–water partition coefficient (Wildman–Crippen LogP) is 2.81. The van der Waals surface area contributed by atoms with Gasteiger partial charge in [0, 0.05) is 43.4 Å². The van der Waals surface area contributed by atoms with Gasteiger partial charge in [0.05, 0.1) is 6.33 Å². The number of aromatic nitrogens is 2. The van der Waals surface area contributed by atoms with Gasteiger partial charge in [-0.15, -0.1) is 0 Å². The minimum atomic E-state index is -3.64. The Bertz CT molecular complexity index is 1290. The number of carbonyl (C=O) groups is 1. The van der Waals surface area contributed by atoms with Crippen molar-refractivity contribution in [2.75, 3.05) is 13.1 Å². The molecule has 1 aliphatic heterocycles. The lowest BCUT2D eigenvalue weighted by Crippen LogP contribution is -2.54. The van der Waals surface area contributed by atoms with Crippen LogP contribution in [0, 0.1) is 6.92 Å². The monoisotopic (exact) mass is 464 g/mol. The summed E-state index contributed by atoms with van der Waals surface area (Å²) in [6, 6.07) is 15.8. The molecule has 33 heavy (non-hydrogen) atoms. The molecule has 1 spiro atoms. The van der Waals surface area contributed by atoms with Crippen molar-refractivity contribution in [1.82, 2.24) is 19.2 Å². The maximum atomic E-state index is 13.1. The Labute approximate surface area is 194 Å². The van der Waals surface area contributed by atoms with E-state index in [1.165, 1.54) is 28.0 Å². The van der Waals surface area contributed by atoms with Crippen molar-refractivity contribution in [1.29, 1.82) is 0 Å². The number of fused-ring (bicyclic) bond motifs is 2. The van der Waals surface area contributed by atoms with Crippen LogP contribution in [0.3, 0.4) is 0 Å². The third-order valence-corrected chi connectivity index (χ3v) is 8.95. The van der Waals surface area contributed by atoms with E-state index in [0.717, 1.165) is 12.0 Å². The van der Waals surface area contributed by atoms with Gasteiger partial charge in [0.15, 0.2) is 5.03 Å². The summed E-state index contributed by atoms with van der Waals surface area (Å²) >= 11 is 0. The number of rotatable bonds is 4. The smallest absolute Gasteiger partial charge is 0.262 e. The summed E-state index contributed by atoms with van der Waals surface area (Å²) in [5.41, 5.74) is 3.93. The van der Waals surface area contributed by atoms with E-state index in [0.29, 0.717) is 31.5 Å². The van der Waals surface area contributed by atoms with E-state index in [9.17, 15) is 13.2 Å². The van der Waals surface area contributed by atoms with Crippen molar-refractivity contribution in [2.45, 2.75) is 42.7 Å². The van der Waals surface area contributed by atoms with Crippen LogP contribution in [-0.2, 0) is 28.9 Å². The standard InChI is InChI=1S/C25H28N4O3S/c1-18-7-9-19(10-8-18)24(30)27-22-15-20-5-3-4-6-21(20)25(22)11-13-29(14-12-25)33(31,32)23-16-28(2)17-26-23/h3-10,16-17,22H,11-15H2,1-2H3,(H,27,30). The van der Waals surface area contributed by atoms with Crippen LogP contribution >= 0.6 is 0 Å². The second kappa shape index (κ2) is 8.11. The summed E-state index contributed by atoms with van der Waals surface area (Å²) in [4.78, 5) is 17.1. The molecule has 0 bridgehead atoms. The SMILES string of the molecule is Cc1ccc(C(=O)NC2Cc3ccccc3C23CCN(S(=O)(=O)c2cn(C)cn2)CC3)cc1. The number of imidazole rings is 1. The Hall–Kier alpha value is -2.97. The van der Waals surface area contributed by atoms with Gasteiger partial charge in [-0.3, -0.25) is 4.79 Å². The molecule has 1 aromatic heterocycles. The van der Waals surface area contributed by atoms with Gasteiger partial charge < -0.3 is 9.88 Å². The molecule has 2 aromatic carbocycles. The zero-order valence-electron chi connectivity index (χ0n) is 18.9. The molecule has 3 aromatic rings. The molecule has 1 saturated heterocycles. The van der Waals surface area contributed by atoms with Crippen molar-refractivity contribution in [3.63, 3.8) is 0 Å². The first-order valence-electron chi connectivity index (χ1n) is 11.2. The summed E-state index contributed by atoms with van der Waals surface area (Å²) in [6.45, 7) is 2.78. The number of aryl methyl sites for hydroxylation is 2. The third kappa shape index (κ3) is 3.77. The fourth-order valence-corrected chi connectivity index (χ4v) is 6.73. The van der Waals surface area contributed by atoms with Crippen molar-refractivity contribution in [3.05, 3.63) is 83.3 Å². The first-order chi connectivity index (χ1) is 15.8. The van der Waals surface area contributed by atoms with Gasteiger partial charge >= 0.3 is 0 Å². The van der Waals surface area contributed by atoms with Gasteiger partial charge in [-0.25, -0.2) is 13.4 Å². The molecule has 2 aliphatic rings. The van der Waals surface area contributed by atoms with E-state index in [1.54, 1.807) is 11.6 Å². The Kier molecular flexibility index (Phi) is 5.37. The van der Waals surface area contributed by atoms with Crippen LogP contribution in [0.4, 0.5) is 0 Å². The molecular weight excluding hydrogens is 436 g/mol. The Morgan fingerprint density at radius 2 is 1.79 bits per heavy atom. The number of hydrogen-bond acceptors (Lipinski definition) is 4. The molecule has 1 atom stereocenters. The second-order valence-corrected chi connectivity index (χ2v) is 11.1. The number of hydrogen-bond donors (Lipinski definition) is 1. The van der Waals surface area contributed by atoms with Gasteiger partial charge in [-0.05, 0) is 49.4 Å². The highest BCUT2D eigenvalue weighted by atomic mass is 32.2. The number of nitrogens with one attached hydrogen (secondary N) is 1. The minimum Gasteiger partial charge on any atom is -0.348 e. The summed E-state index contributed by atoms with van der Waals surface area (Å²) < 4.78 is 29.4. The van der Waals surface area contributed by atoms with Crippen molar-refractivity contribution in [2.24, 2.45) is 7.05 Å². The lowest BCUT2D eigenvalue weighted by molar-refractivity contribution is 0.0896. The molecule has 1 fully saturated rings. The molecule has 5 rings (SSSR count). The predicted molar refractivity (Wildman–Crippen MR) is 125 cm³/mol. The van der Waals surface area contributed by atoms with Gasteiger partial charge in [0.1, 0.15) is 0 Å². The first kappa shape index (κ1) is 21.9. The normalized spacial score (nSPS) is 20.0. The molecule has 1 unspecified atom stereocenters. The van der Waals surface area contributed by atoms with Crippen molar-refractivity contribution >= 4 is 15.9 Å². The molecule has 1 amide bonds. The Balaban J connectivity index is 1.41. The molecule has 8 heteroatoms. The largest absolute Gasteiger partial charge is 0.348 e. The van der Waals surface area contributed by atoms with Crippen LogP contribution in [-0.4, -0.2) is 47.3 Å². The summed E-state index contributed by atoms with van der Waals surface area (Å²) in [5, 5.41) is 3.37. The van der Waals surface area contributed by atoms with Gasteiger partial charge in [-0.1, -0.05) is 42.0 Å². The molecule has 2 heterocycles. The molecule has 7 nitrogen and oxygen atoms in total. The second-order valence-electron chi connectivity index (χ2n) is 9.19. The number of nitrogens with zero attached hydrogens (tertiary/aromatic N) is 3. The van der Waals surface area contributed by atoms with E-state index < -0.39 is 10.0 Å². The molecule has 1 aliphatic carbocycles. The van der Waals surface area contributed by atoms with Crippen LogP contribution in [0.2, 0.25) is 0 Å². The number of benzene rings is 2. The van der Waals surface area contributed by atoms with E-state index in [-0.39, 0.29) is 22.4 Å². The lowest BCUT2D eigenvalue weighted by Gasteiger charge is -2.43. The summed E-state index contributed by atoms with van der Waals surface area (Å²) in [6.07, 6.45) is 5.09. The summed E-state index contributed by atoms with van der Waals surface area (Å²) in [5.74, 6) is -0.0873. The summed E-state index contributed by atoms with van der Waals surface area (Å²) in [7, 11) is -1.88. The minimum absolute atomic E-state index is 0.0802. The number of sulfonamides is 1. The molecule has 0 radical (unpaired) electrons. The molecular formula is C25H28N4O3S. The van der Waals surface area contributed by atoms with Crippen LogP contribution in [0.25, 0.3) is 0 Å². The van der Waals surface area contributed by atoms with Gasteiger partial charge in [0.25, 0.3) is 15.9 Å². The van der Waals surface area contributed by atoms with Gasteiger partial charge in [-0.2, -0.15) is 4.31 Å². The fourth-order valence-electron chi connectivity index (χ4n) is 5.32. The number of carbonyl (C=O) groups excluding carboxylic acids is 1. The van der Waals surface area contributed by atoms with Crippen LogP contribution in [0.5, 0.6) is 0 Å². The number of piperidine rings is 1. The molecule has 0 saturated carbocycles. The highest BCUT2D eigenvalue weighted by molar-refractivity contribution is 7.89. The molecule has 172 valence electrons. The van der Waals surface area contributed by atoms with E-state index in [2.05, 4.69) is 22.4 Å². The third-order valence-electron chi connectivity index (χ3n) is 7.16. The highest BCUT2D eigenvalue weighted by Gasteiger charge is 2.50. The highest BCUT2D eigenvalue weighted by Crippen LogP contribution is 2.47. The average Bonchev–Trinajstić information content (AvgIpc) is 3.37. The maximum absolute atomic E-state index is 13.1. The van der Waals surface area contributed by atoms with Crippen molar-refractivity contribution < 1.29 is 13.2 Å². The topological polar surface area (TPSA) is 84.3 Å². The van der Waals surface area contributed by atoms with Crippen LogP contribution in [0.1, 0.15) is 39.9 Å². The average molecular weight is 465 g/mol. The quantitative estimate of drug-likeness (QED) is 0.644. The Morgan fingerprint density at radius 1 is 1.09 bits per heavy atom. The zero-order valence-corrected chi connectivity index (χ0v) is 19.7. The Morgan fingerprint density at radius 3 is 2.45 bits per heavy atom. The molecule has 1 N–H and O–H groups in total. The van der Waals surface area contributed by atoms with E-state index in [4.69, 9.17) is 0 Å². The lowest BCUT2D eigenvalue weighted by atomic mass is 9.71. The van der Waals surface area contributed by atoms with Gasteiger partial charge in [0.2, 0.25) is 0 Å². The van der Waals surface area contributed by atoms with E-state index in [1.807, 2.05) is 43.3 Å². The van der Waals surface area contributed by atoms with Crippen LogP contribution in [0.15, 0.2) is 66.1 Å². The van der Waals surface area contributed by atoms with E-state index >= 15 is 0 Å². The first-order valence-corrected chi connectivity index (χ1v) is 12.7. The zero-order chi connectivity index (χ0) is 23.2. The van der Waals surface area contributed by atoms with Crippen molar-refractivity contribution in [3.8, 4) is 0 Å². The maximum Gasteiger partial charge on any atom is 0.262 e.